The zero-order chi connectivity index (χ0) is 33.1. The molecule has 250 valence electrons. The van der Waals surface area contributed by atoms with E-state index < -0.39 is 24.3 Å². The summed E-state index contributed by atoms with van der Waals surface area (Å²) in [5.41, 5.74) is 2.66. The van der Waals surface area contributed by atoms with Crippen LogP contribution in [0.4, 0.5) is 0 Å². The number of unbranched alkanes of at least 4 members (excludes halogenated alkanes) is 3. The molecule has 3 aliphatic rings. The number of cyclic esters (lactones) is 1. The zero-order valence-corrected chi connectivity index (χ0v) is 29.8. The number of nitrogens with one attached hydrogen (secondary N) is 1. The van der Waals surface area contributed by atoms with E-state index in [0.29, 0.717) is 23.8 Å². The normalized spacial score (nSPS) is 25.6. The number of fused-ring (bicyclic) bond motifs is 2. The fraction of sp³-hybridized carbons (Fsp3) is 0.579. The van der Waals surface area contributed by atoms with E-state index >= 15 is 0 Å². The molecule has 1 aliphatic heterocycles. The minimum Gasteiger partial charge on any atom is -0.494 e. The molecule has 1 heterocycles. The molecule has 0 amide bonds. The lowest BCUT2D eigenvalue weighted by Gasteiger charge is -2.39. The first-order valence-corrected chi connectivity index (χ1v) is 17.8. The van der Waals surface area contributed by atoms with Gasteiger partial charge < -0.3 is 24.3 Å². The van der Waals surface area contributed by atoms with Gasteiger partial charge in [0, 0.05) is 0 Å². The van der Waals surface area contributed by atoms with Crippen molar-refractivity contribution in [2.24, 2.45) is 22.7 Å². The first kappa shape index (κ1) is 34.5. The van der Waals surface area contributed by atoms with Gasteiger partial charge in [-0.3, -0.25) is 0 Å². The second-order valence-electron chi connectivity index (χ2n) is 14.4. The van der Waals surface area contributed by atoms with Crippen LogP contribution in [0, 0.1) is 22.7 Å². The van der Waals surface area contributed by atoms with Crippen LogP contribution in [0.15, 0.2) is 58.7 Å². The molecule has 5 atom stereocenters. The SMILES string of the molecule is CCCCCCOc1ccc(-c2ccc(OC(=O)[C@H](CC(C)C)NC3=C(Br)C(=O)O[C@@H]3O[C@@H]3C[C@@H]4CC[C@@]3(C)C4(C)C)cc2)cc1. The van der Waals surface area contributed by atoms with E-state index in [1.54, 1.807) is 12.1 Å². The molecule has 0 saturated heterocycles. The van der Waals surface area contributed by atoms with Gasteiger partial charge in [-0.25, -0.2) is 9.59 Å². The van der Waals surface area contributed by atoms with Crippen LogP contribution in [0.3, 0.4) is 0 Å². The third kappa shape index (κ3) is 7.33. The highest BCUT2D eigenvalue weighted by Gasteiger charge is 2.62. The van der Waals surface area contributed by atoms with Gasteiger partial charge in [-0.1, -0.05) is 85.1 Å². The summed E-state index contributed by atoms with van der Waals surface area (Å²) < 4.78 is 24.2. The van der Waals surface area contributed by atoms with Crippen molar-refractivity contribution >= 4 is 27.9 Å². The Morgan fingerprint density at radius 2 is 1.65 bits per heavy atom. The van der Waals surface area contributed by atoms with Crippen LogP contribution in [-0.4, -0.2) is 37.0 Å². The first-order chi connectivity index (χ1) is 21.9. The molecular weight excluding hydrogens is 646 g/mol. The Balaban J connectivity index is 1.22. The highest BCUT2D eigenvalue weighted by atomic mass is 79.9. The second kappa shape index (κ2) is 14.5. The van der Waals surface area contributed by atoms with Crippen molar-refractivity contribution in [3.8, 4) is 22.6 Å². The highest BCUT2D eigenvalue weighted by Crippen LogP contribution is 2.66. The lowest BCUT2D eigenvalue weighted by Crippen LogP contribution is -2.45. The molecule has 46 heavy (non-hydrogen) atoms. The first-order valence-electron chi connectivity index (χ1n) is 17.0. The van der Waals surface area contributed by atoms with Gasteiger partial charge in [-0.15, -0.1) is 0 Å². The number of hydrogen-bond donors (Lipinski definition) is 1. The van der Waals surface area contributed by atoms with E-state index in [0.717, 1.165) is 42.7 Å². The number of halogens is 1. The highest BCUT2D eigenvalue weighted by molar-refractivity contribution is 9.12. The van der Waals surface area contributed by atoms with Gasteiger partial charge in [0.15, 0.2) is 0 Å². The van der Waals surface area contributed by atoms with Gasteiger partial charge >= 0.3 is 11.9 Å². The number of rotatable bonds is 15. The van der Waals surface area contributed by atoms with Crippen molar-refractivity contribution in [1.29, 1.82) is 0 Å². The summed E-state index contributed by atoms with van der Waals surface area (Å²) in [4.78, 5) is 26.2. The maximum absolute atomic E-state index is 13.5. The number of benzene rings is 2. The van der Waals surface area contributed by atoms with Gasteiger partial charge in [0.2, 0.25) is 6.29 Å². The lowest BCUT2D eigenvalue weighted by molar-refractivity contribution is -0.184. The Kier molecular flexibility index (Phi) is 10.9. The average molecular weight is 697 g/mol. The molecular formula is C38H50BrNO6. The summed E-state index contributed by atoms with van der Waals surface area (Å²) in [7, 11) is 0. The molecule has 2 aromatic carbocycles. The predicted molar refractivity (Wildman–Crippen MR) is 183 cm³/mol. The van der Waals surface area contributed by atoms with Crippen LogP contribution in [0.1, 0.15) is 92.9 Å². The van der Waals surface area contributed by atoms with E-state index in [1.165, 1.54) is 25.7 Å². The molecule has 0 radical (unpaired) electrons. The van der Waals surface area contributed by atoms with Crippen molar-refractivity contribution in [2.45, 2.75) is 111 Å². The Morgan fingerprint density at radius 1 is 1.00 bits per heavy atom. The third-order valence-corrected chi connectivity index (χ3v) is 11.5. The zero-order valence-electron chi connectivity index (χ0n) is 28.2. The Bertz CT molecular complexity index is 1400. The van der Waals surface area contributed by atoms with Crippen molar-refractivity contribution in [1.82, 2.24) is 5.32 Å². The summed E-state index contributed by atoms with van der Waals surface area (Å²) in [6.45, 7) is 14.0. The molecule has 0 unspecified atom stereocenters. The molecule has 8 heteroatoms. The maximum atomic E-state index is 13.5. The number of esters is 2. The molecule has 2 aromatic rings. The lowest BCUT2D eigenvalue weighted by atomic mass is 9.70. The summed E-state index contributed by atoms with van der Waals surface area (Å²) in [5, 5.41) is 3.29. The molecule has 2 aliphatic carbocycles. The summed E-state index contributed by atoms with van der Waals surface area (Å²) in [6, 6.07) is 14.9. The van der Waals surface area contributed by atoms with E-state index in [2.05, 4.69) is 48.9 Å². The quantitative estimate of drug-likeness (QED) is 0.113. The van der Waals surface area contributed by atoms with Crippen LogP contribution in [0.5, 0.6) is 11.5 Å². The van der Waals surface area contributed by atoms with Crippen LogP contribution in [0.2, 0.25) is 0 Å². The van der Waals surface area contributed by atoms with Crippen LogP contribution in [0.25, 0.3) is 11.1 Å². The fourth-order valence-corrected chi connectivity index (χ4v) is 7.77. The average Bonchev–Trinajstić information content (AvgIpc) is 3.49. The number of ether oxygens (including phenoxy) is 4. The van der Waals surface area contributed by atoms with Crippen LogP contribution >= 0.6 is 15.9 Å². The summed E-state index contributed by atoms with van der Waals surface area (Å²) >= 11 is 3.41. The van der Waals surface area contributed by atoms with E-state index in [-0.39, 0.29) is 27.3 Å². The van der Waals surface area contributed by atoms with E-state index in [9.17, 15) is 9.59 Å². The Morgan fingerprint density at radius 3 is 2.22 bits per heavy atom. The summed E-state index contributed by atoms with van der Waals surface area (Å²) in [6.07, 6.45) is 7.49. The van der Waals surface area contributed by atoms with E-state index in [1.807, 2.05) is 50.2 Å². The van der Waals surface area contributed by atoms with Crippen molar-refractivity contribution in [3.63, 3.8) is 0 Å². The smallest absolute Gasteiger partial charge is 0.349 e. The maximum Gasteiger partial charge on any atom is 0.349 e. The topological polar surface area (TPSA) is 83.1 Å². The molecule has 2 saturated carbocycles. The van der Waals surface area contributed by atoms with Gasteiger partial charge in [-0.05, 0) is 106 Å². The standard InChI is InChI=1S/C38H50BrNO6/c1-7-8-9-10-21-43-28-15-11-25(12-16-28)26-13-17-29(18-14-26)44-34(41)30(22-24(2)3)40-33-32(39)35(42)46-36(33)45-31-23-27-19-20-38(31,6)37(27,4)5/h11-18,24,27,30-31,36,40H,7-10,19-23H2,1-6H3/t27-,30-,31+,36-,38+/m0/s1. The largest absolute Gasteiger partial charge is 0.494 e. The molecule has 0 aromatic heterocycles. The third-order valence-electron chi connectivity index (χ3n) is 10.7. The Hall–Kier alpha value is -2.84. The van der Waals surface area contributed by atoms with Gasteiger partial charge in [0.05, 0.1) is 12.7 Å². The van der Waals surface area contributed by atoms with Gasteiger partial charge in [-0.2, -0.15) is 0 Å². The Labute approximate surface area is 282 Å². The van der Waals surface area contributed by atoms with E-state index in [4.69, 9.17) is 18.9 Å². The minimum atomic E-state index is -0.904. The fourth-order valence-electron chi connectivity index (χ4n) is 7.37. The van der Waals surface area contributed by atoms with Gasteiger partial charge in [0.25, 0.3) is 0 Å². The molecule has 1 N–H and O–H groups in total. The van der Waals surface area contributed by atoms with Crippen LogP contribution in [-0.2, 0) is 19.1 Å². The molecule has 2 fully saturated rings. The van der Waals surface area contributed by atoms with Crippen molar-refractivity contribution in [3.05, 3.63) is 58.7 Å². The monoisotopic (exact) mass is 695 g/mol. The number of carbonyl (C=O) groups excluding carboxylic acids is 2. The molecule has 0 spiro atoms. The molecule has 5 rings (SSSR count). The van der Waals surface area contributed by atoms with Crippen molar-refractivity contribution < 1.29 is 28.5 Å². The van der Waals surface area contributed by atoms with Crippen molar-refractivity contribution in [2.75, 3.05) is 6.61 Å². The second-order valence-corrected chi connectivity index (χ2v) is 15.2. The predicted octanol–water partition coefficient (Wildman–Crippen LogP) is 8.94. The van der Waals surface area contributed by atoms with Gasteiger partial charge in [0.1, 0.15) is 27.7 Å². The van der Waals surface area contributed by atoms with Crippen LogP contribution < -0.4 is 14.8 Å². The number of hydrogen-bond acceptors (Lipinski definition) is 7. The number of carbonyl (C=O) groups is 2. The molecule has 7 nitrogen and oxygen atoms in total. The minimum absolute atomic E-state index is 0.00359. The molecule has 2 bridgehead atoms. The summed E-state index contributed by atoms with van der Waals surface area (Å²) in [5.74, 6) is 1.16.